The molecule has 0 heterocycles. The van der Waals surface area contributed by atoms with Gasteiger partial charge < -0.3 is 10.4 Å². The summed E-state index contributed by atoms with van der Waals surface area (Å²) >= 11 is 0. The number of aromatic hydroxyl groups is 1. The van der Waals surface area contributed by atoms with Gasteiger partial charge >= 0.3 is 6.03 Å². The summed E-state index contributed by atoms with van der Waals surface area (Å²) in [5.74, 6) is 0.152. The number of nitrogens with one attached hydrogen (secondary N) is 1. The highest BCUT2D eigenvalue weighted by atomic mass is 16.3. The predicted molar refractivity (Wildman–Crippen MR) is 46.7 cm³/mol. The van der Waals surface area contributed by atoms with Crippen molar-refractivity contribution >= 4 is 18.4 Å². The van der Waals surface area contributed by atoms with Gasteiger partial charge in [0.05, 0.1) is 0 Å². The number of hydrogen-bond acceptors (Lipinski definition) is 2. The maximum atomic E-state index is 10.7. The van der Waals surface area contributed by atoms with Crippen LogP contribution in [0, 0.1) is 0 Å². The smallest absolute Gasteiger partial charge is 0.344 e. The molecule has 0 aromatic heterocycles. The molecule has 4 nitrogen and oxygen atoms in total. The van der Waals surface area contributed by atoms with Crippen LogP contribution in [-0.4, -0.2) is 17.9 Å². The van der Waals surface area contributed by atoms with Crippen molar-refractivity contribution in [2.45, 2.75) is 0 Å². The van der Waals surface area contributed by atoms with E-state index in [9.17, 15) is 4.79 Å². The highest BCUT2D eigenvalue weighted by Crippen LogP contribution is 2.13. The first-order chi connectivity index (χ1) is 5.72. The van der Waals surface area contributed by atoms with Crippen molar-refractivity contribution < 1.29 is 9.90 Å². The first kappa shape index (κ1) is 8.26. The molecular weight excluding hydrogens is 156 g/mol. The second-order valence-corrected chi connectivity index (χ2v) is 2.14. The summed E-state index contributed by atoms with van der Waals surface area (Å²) in [5.41, 5.74) is 0.574. The second-order valence-electron chi connectivity index (χ2n) is 2.14. The largest absolute Gasteiger partial charge is 0.508 e. The maximum Gasteiger partial charge on any atom is 0.344 e. The van der Waals surface area contributed by atoms with E-state index in [1.54, 1.807) is 12.1 Å². The van der Waals surface area contributed by atoms with Crippen LogP contribution < -0.4 is 5.32 Å². The van der Waals surface area contributed by atoms with E-state index in [0.29, 0.717) is 5.69 Å². The maximum absolute atomic E-state index is 10.7. The van der Waals surface area contributed by atoms with Gasteiger partial charge in [0.15, 0.2) is 0 Å². The van der Waals surface area contributed by atoms with E-state index in [2.05, 4.69) is 17.0 Å². The minimum atomic E-state index is -0.513. The molecule has 0 atom stereocenters. The first-order valence-corrected chi connectivity index (χ1v) is 3.29. The highest BCUT2D eigenvalue weighted by molar-refractivity contribution is 5.92. The molecule has 0 saturated carbocycles. The summed E-state index contributed by atoms with van der Waals surface area (Å²) < 4.78 is 0. The standard InChI is InChI=1S/C8H8N2O2/c1-9-8(12)10-6-2-4-7(11)5-3-6/h2-5,11H,1H2,(H,10,12). The Morgan fingerprint density at radius 2 is 2.00 bits per heavy atom. The molecule has 1 rings (SSSR count). The van der Waals surface area contributed by atoms with E-state index in [4.69, 9.17) is 5.11 Å². The second kappa shape index (κ2) is 3.52. The quantitative estimate of drug-likeness (QED) is 0.489. The number of benzene rings is 1. The number of amides is 2. The fourth-order valence-electron chi connectivity index (χ4n) is 0.708. The number of anilines is 1. The van der Waals surface area contributed by atoms with Gasteiger partial charge in [0.1, 0.15) is 5.75 Å². The number of phenols is 1. The third kappa shape index (κ3) is 2.09. The minimum absolute atomic E-state index is 0.152. The van der Waals surface area contributed by atoms with Crippen molar-refractivity contribution in [1.29, 1.82) is 0 Å². The molecule has 0 aliphatic rings. The molecule has 2 N–H and O–H groups in total. The number of nitrogens with zero attached hydrogens (tertiary/aromatic N) is 1. The molecule has 4 heteroatoms. The summed E-state index contributed by atoms with van der Waals surface area (Å²) in [4.78, 5) is 13.8. The van der Waals surface area contributed by atoms with Crippen molar-refractivity contribution in [3.8, 4) is 5.75 Å². The Morgan fingerprint density at radius 1 is 1.42 bits per heavy atom. The third-order valence-electron chi connectivity index (χ3n) is 1.26. The Morgan fingerprint density at radius 3 is 2.50 bits per heavy atom. The number of carbonyl (C=O) groups excluding carboxylic acids is 1. The van der Waals surface area contributed by atoms with Crippen molar-refractivity contribution in [3.05, 3.63) is 24.3 Å². The molecule has 0 unspecified atom stereocenters. The van der Waals surface area contributed by atoms with Crippen LogP contribution in [0.2, 0.25) is 0 Å². The summed E-state index contributed by atoms with van der Waals surface area (Å²) in [7, 11) is 0. The van der Waals surface area contributed by atoms with Gasteiger partial charge in [-0.1, -0.05) is 0 Å². The van der Waals surface area contributed by atoms with Crippen LogP contribution in [0.15, 0.2) is 29.3 Å². The molecule has 1 aromatic carbocycles. The van der Waals surface area contributed by atoms with Gasteiger partial charge in [0.25, 0.3) is 0 Å². The lowest BCUT2D eigenvalue weighted by Gasteiger charge is -1.99. The zero-order valence-electron chi connectivity index (χ0n) is 6.32. The van der Waals surface area contributed by atoms with Crippen molar-refractivity contribution in [3.63, 3.8) is 0 Å². The molecule has 0 spiro atoms. The van der Waals surface area contributed by atoms with Gasteiger partial charge in [0.2, 0.25) is 0 Å². The zero-order valence-corrected chi connectivity index (χ0v) is 6.32. The van der Waals surface area contributed by atoms with Crippen LogP contribution in [0.3, 0.4) is 0 Å². The molecule has 0 fully saturated rings. The van der Waals surface area contributed by atoms with Crippen LogP contribution >= 0.6 is 0 Å². The van der Waals surface area contributed by atoms with Crippen LogP contribution in [0.4, 0.5) is 10.5 Å². The Balaban J connectivity index is 2.71. The van der Waals surface area contributed by atoms with E-state index < -0.39 is 6.03 Å². The first-order valence-electron chi connectivity index (χ1n) is 3.29. The Kier molecular flexibility index (Phi) is 2.42. The van der Waals surface area contributed by atoms with Crippen LogP contribution in [0.5, 0.6) is 5.75 Å². The molecule has 2 amide bonds. The van der Waals surface area contributed by atoms with Crippen molar-refractivity contribution in [2.75, 3.05) is 5.32 Å². The normalized spacial score (nSPS) is 9.00. The summed E-state index contributed by atoms with van der Waals surface area (Å²) in [6.45, 7) is 3.06. The third-order valence-corrected chi connectivity index (χ3v) is 1.26. The van der Waals surface area contributed by atoms with E-state index in [-0.39, 0.29) is 5.75 Å². The molecule has 12 heavy (non-hydrogen) atoms. The molecule has 1 aromatic rings. The summed E-state index contributed by atoms with van der Waals surface area (Å²) in [5, 5.41) is 11.3. The molecule has 0 bridgehead atoms. The zero-order chi connectivity index (χ0) is 8.97. The lowest BCUT2D eigenvalue weighted by atomic mass is 10.3. The average Bonchev–Trinajstić information content (AvgIpc) is 2.09. The molecule has 0 radical (unpaired) electrons. The monoisotopic (exact) mass is 164 g/mol. The van der Waals surface area contributed by atoms with Gasteiger partial charge in [-0.3, -0.25) is 0 Å². The molecule has 0 saturated heterocycles. The number of urea groups is 1. The van der Waals surface area contributed by atoms with Gasteiger partial charge in [-0.2, -0.15) is 0 Å². The van der Waals surface area contributed by atoms with E-state index >= 15 is 0 Å². The molecule has 62 valence electrons. The lowest BCUT2D eigenvalue weighted by molar-refractivity contribution is 0.260. The van der Waals surface area contributed by atoms with E-state index in [1.165, 1.54) is 12.1 Å². The molecule has 0 aliphatic heterocycles. The predicted octanol–water partition coefficient (Wildman–Crippen LogP) is 1.62. The van der Waals surface area contributed by atoms with Gasteiger partial charge in [0, 0.05) is 5.69 Å². The minimum Gasteiger partial charge on any atom is -0.508 e. The van der Waals surface area contributed by atoms with Gasteiger partial charge in [-0.05, 0) is 31.0 Å². The average molecular weight is 164 g/mol. The SMILES string of the molecule is C=NC(=O)Nc1ccc(O)cc1. The Bertz CT molecular complexity index is 292. The number of hydrogen-bond donors (Lipinski definition) is 2. The molecular formula is C8H8N2O2. The summed E-state index contributed by atoms with van der Waals surface area (Å²) in [6.07, 6.45) is 0. The van der Waals surface area contributed by atoms with E-state index in [0.717, 1.165) is 0 Å². The van der Waals surface area contributed by atoms with Crippen LogP contribution in [-0.2, 0) is 0 Å². The Labute approximate surface area is 69.6 Å². The van der Waals surface area contributed by atoms with Gasteiger partial charge in [-0.15, -0.1) is 0 Å². The highest BCUT2D eigenvalue weighted by Gasteiger charge is 1.96. The number of rotatable bonds is 1. The molecule has 0 aliphatic carbocycles. The van der Waals surface area contributed by atoms with Crippen molar-refractivity contribution in [1.82, 2.24) is 0 Å². The van der Waals surface area contributed by atoms with Gasteiger partial charge in [-0.25, -0.2) is 9.79 Å². The fraction of sp³-hybridized carbons (Fsp3) is 0. The number of aliphatic imine (C=N–C) groups is 1. The number of carbonyl (C=O) groups is 1. The van der Waals surface area contributed by atoms with E-state index in [1.807, 2.05) is 0 Å². The Hall–Kier alpha value is -1.84. The topological polar surface area (TPSA) is 61.7 Å². The van der Waals surface area contributed by atoms with Crippen LogP contribution in [0.1, 0.15) is 0 Å². The summed E-state index contributed by atoms with van der Waals surface area (Å²) in [6, 6.07) is 5.56. The lowest BCUT2D eigenvalue weighted by Crippen LogP contribution is -2.04. The van der Waals surface area contributed by atoms with Crippen LogP contribution in [0.25, 0.3) is 0 Å². The number of phenolic OH excluding ortho intramolecular Hbond substituents is 1. The van der Waals surface area contributed by atoms with Crippen molar-refractivity contribution in [2.24, 2.45) is 4.99 Å². The fourth-order valence-corrected chi connectivity index (χ4v) is 0.708.